The average molecular weight is 430 g/mol. The Morgan fingerprint density at radius 2 is 2.06 bits per heavy atom. The summed E-state index contributed by atoms with van der Waals surface area (Å²) < 4.78 is 12.8. The molecule has 3 aromatic heterocycles. The van der Waals surface area contributed by atoms with Crippen molar-refractivity contribution in [3.8, 4) is 11.4 Å². The lowest BCUT2D eigenvalue weighted by Crippen LogP contribution is -2.38. The van der Waals surface area contributed by atoms with Crippen LogP contribution in [0.3, 0.4) is 0 Å². The normalized spacial score (nSPS) is 16.1. The maximum atomic E-state index is 13.1. The Kier molecular flexibility index (Phi) is 5.61. The third-order valence-electron chi connectivity index (χ3n) is 5.51. The third-order valence-corrected chi connectivity index (χ3v) is 5.51. The zero-order chi connectivity index (χ0) is 21.8. The van der Waals surface area contributed by atoms with Crippen LogP contribution in [0.15, 0.2) is 72.0 Å². The van der Waals surface area contributed by atoms with Crippen molar-refractivity contribution in [1.82, 2.24) is 29.8 Å². The van der Waals surface area contributed by atoms with Crippen LogP contribution in [-0.4, -0.2) is 42.3 Å². The molecule has 1 aliphatic heterocycles. The van der Waals surface area contributed by atoms with Crippen molar-refractivity contribution >= 4 is 5.91 Å². The molecule has 9 nitrogen and oxygen atoms in total. The van der Waals surface area contributed by atoms with Crippen molar-refractivity contribution in [2.24, 2.45) is 0 Å². The third kappa shape index (κ3) is 4.22. The van der Waals surface area contributed by atoms with E-state index in [0.29, 0.717) is 23.7 Å². The fourth-order valence-electron chi connectivity index (χ4n) is 3.91. The molecule has 4 aromatic rings. The van der Waals surface area contributed by atoms with E-state index in [2.05, 4.69) is 20.2 Å². The molecule has 1 aliphatic rings. The highest BCUT2D eigenvalue weighted by molar-refractivity contribution is 5.92. The van der Waals surface area contributed by atoms with Gasteiger partial charge < -0.3 is 14.2 Å². The summed E-state index contributed by atoms with van der Waals surface area (Å²) >= 11 is 0. The molecular weight excluding hydrogens is 408 g/mol. The lowest BCUT2D eigenvalue weighted by atomic mass is 9.96. The molecule has 162 valence electrons. The monoisotopic (exact) mass is 430 g/mol. The number of benzene rings is 1. The number of pyridine rings is 1. The predicted molar refractivity (Wildman–Crippen MR) is 114 cm³/mol. The quantitative estimate of drug-likeness (QED) is 0.461. The van der Waals surface area contributed by atoms with Crippen molar-refractivity contribution in [3.63, 3.8) is 0 Å². The Hall–Kier alpha value is -4.01. The van der Waals surface area contributed by atoms with Gasteiger partial charge in [0.1, 0.15) is 25.0 Å². The summed E-state index contributed by atoms with van der Waals surface area (Å²) in [6.45, 7) is 0.865. The highest BCUT2D eigenvalue weighted by Crippen LogP contribution is 2.31. The van der Waals surface area contributed by atoms with Crippen molar-refractivity contribution < 1.29 is 14.1 Å². The Morgan fingerprint density at radius 3 is 2.84 bits per heavy atom. The maximum Gasteiger partial charge on any atom is 0.276 e. The van der Waals surface area contributed by atoms with E-state index in [1.807, 2.05) is 47.5 Å². The summed E-state index contributed by atoms with van der Waals surface area (Å²) in [5, 5.41) is 8.09. The smallest absolute Gasteiger partial charge is 0.276 e. The van der Waals surface area contributed by atoms with Crippen LogP contribution in [0.2, 0.25) is 0 Å². The van der Waals surface area contributed by atoms with Gasteiger partial charge in [-0.1, -0.05) is 11.2 Å². The maximum absolute atomic E-state index is 13.1. The van der Waals surface area contributed by atoms with Gasteiger partial charge in [-0.25, -0.2) is 9.67 Å². The SMILES string of the molecule is O=C(c1cc(COc2ccc(-n3cncn3)cc2)on1)N1CCCCC1c1cccnc1. The van der Waals surface area contributed by atoms with E-state index in [0.717, 1.165) is 30.5 Å². The van der Waals surface area contributed by atoms with E-state index in [4.69, 9.17) is 9.26 Å². The van der Waals surface area contributed by atoms with E-state index < -0.39 is 0 Å². The number of nitrogens with zero attached hydrogens (tertiary/aromatic N) is 6. The number of piperidine rings is 1. The fraction of sp³-hybridized carbons (Fsp3) is 0.261. The molecule has 1 aromatic carbocycles. The van der Waals surface area contributed by atoms with E-state index in [-0.39, 0.29) is 18.6 Å². The molecule has 0 aliphatic carbocycles. The number of rotatable bonds is 6. The van der Waals surface area contributed by atoms with Crippen LogP contribution in [0.25, 0.3) is 5.69 Å². The van der Waals surface area contributed by atoms with Crippen LogP contribution in [0.5, 0.6) is 5.75 Å². The van der Waals surface area contributed by atoms with Crippen LogP contribution >= 0.6 is 0 Å². The zero-order valence-corrected chi connectivity index (χ0v) is 17.4. The van der Waals surface area contributed by atoms with Crippen molar-refractivity contribution in [2.75, 3.05) is 6.54 Å². The minimum atomic E-state index is -0.134. The molecule has 0 saturated carbocycles. The number of ether oxygens (including phenoxy) is 1. The Labute approximate surface area is 184 Å². The second kappa shape index (κ2) is 9.01. The van der Waals surface area contributed by atoms with Crippen molar-refractivity contribution in [1.29, 1.82) is 0 Å². The molecule has 9 heteroatoms. The van der Waals surface area contributed by atoms with Crippen molar-refractivity contribution in [2.45, 2.75) is 31.9 Å². The van der Waals surface area contributed by atoms with Gasteiger partial charge in [-0.2, -0.15) is 5.10 Å². The predicted octanol–water partition coefficient (Wildman–Crippen LogP) is 3.60. The molecular formula is C23H22N6O3. The number of carbonyl (C=O) groups excluding carboxylic acids is 1. The molecule has 0 spiro atoms. The van der Waals surface area contributed by atoms with Crippen LogP contribution in [0, 0.1) is 0 Å². The van der Waals surface area contributed by atoms with Crippen LogP contribution < -0.4 is 4.74 Å². The number of amides is 1. The van der Waals surface area contributed by atoms with Crippen LogP contribution in [-0.2, 0) is 6.61 Å². The van der Waals surface area contributed by atoms with Gasteiger partial charge in [0.25, 0.3) is 5.91 Å². The van der Waals surface area contributed by atoms with Gasteiger partial charge in [0.05, 0.1) is 11.7 Å². The van der Waals surface area contributed by atoms with E-state index >= 15 is 0 Å². The first-order valence-electron chi connectivity index (χ1n) is 10.5. The van der Waals surface area contributed by atoms with Crippen LogP contribution in [0.1, 0.15) is 47.1 Å². The van der Waals surface area contributed by atoms with Gasteiger partial charge in [0, 0.05) is 25.0 Å². The first-order chi connectivity index (χ1) is 15.8. The minimum absolute atomic E-state index is 0.00449. The molecule has 1 amide bonds. The first kappa shape index (κ1) is 19.9. The minimum Gasteiger partial charge on any atom is -0.486 e. The number of aromatic nitrogens is 5. The Bertz CT molecular complexity index is 1160. The lowest BCUT2D eigenvalue weighted by molar-refractivity contribution is 0.0600. The van der Waals surface area contributed by atoms with Gasteiger partial charge in [-0.15, -0.1) is 0 Å². The number of carbonyl (C=O) groups is 1. The zero-order valence-electron chi connectivity index (χ0n) is 17.4. The van der Waals surface area contributed by atoms with Gasteiger partial charge in [-0.05, 0) is 55.2 Å². The van der Waals surface area contributed by atoms with E-state index in [1.165, 1.54) is 6.33 Å². The summed E-state index contributed by atoms with van der Waals surface area (Å²) in [7, 11) is 0. The summed E-state index contributed by atoms with van der Waals surface area (Å²) in [6, 6.07) is 13.0. The second-order valence-corrected chi connectivity index (χ2v) is 7.60. The Balaban J connectivity index is 1.23. The molecule has 32 heavy (non-hydrogen) atoms. The standard InChI is InChI=1S/C23H22N6O3/c30-23(28-11-2-1-5-22(28)17-4-3-10-24-13-17)21-12-20(32-27-21)14-31-19-8-6-18(7-9-19)29-16-25-15-26-29/h3-4,6-10,12-13,15-16,22H,1-2,5,11,14H2. The highest BCUT2D eigenvalue weighted by Gasteiger charge is 2.30. The summed E-state index contributed by atoms with van der Waals surface area (Å²) in [6.07, 6.45) is 9.64. The topological polar surface area (TPSA) is 99.2 Å². The highest BCUT2D eigenvalue weighted by atomic mass is 16.5. The molecule has 0 bridgehead atoms. The molecule has 1 unspecified atom stereocenters. The Morgan fingerprint density at radius 1 is 1.16 bits per heavy atom. The van der Waals surface area contributed by atoms with E-state index in [1.54, 1.807) is 23.3 Å². The molecule has 1 fully saturated rings. The molecule has 0 N–H and O–H groups in total. The summed E-state index contributed by atoms with van der Waals surface area (Å²) in [5.41, 5.74) is 2.22. The first-order valence-corrected chi connectivity index (χ1v) is 10.5. The summed E-state index contributed by atoms with van der Waals surface area (Å²) in [4.78, 5) is 23.2. The van der Waals surface area contributed by atoms with Crippen LogP contribution in [0.4, 0.5) is 0 Å². The molecule has 1 atom stereocenters. The number of likely N-dealkylation sites (tertiary alicyclic amines) is 1. The molecule has 0 radical (unpaired) electrons. The largest absolute Gasteiger partial charge is 0.486 e. The van der Waals surface area contributed by atoms with Gasteiger partial charge >= 0.3 is 0 Å². The molecule has 1 saturated heterocycles. The van der Waals surface area contributed by atoms with E-state index in [9.17, 15) is 4.79 Å². The van der Waals surface area contributed by atoms with Gasteiger partial charge in [-0.3, -0.25) is 9.78 Å². The molecule has 5 rings (SSSR count). The lowest BCUT2D eigenvalue weighted by Gasteiger charge is -2.35. The van der Waals surface area contributed by atoms with Gasteiger partial charge in [0.15, 0.2) is 11.5 Å². The number of hydrogen-bond acceptors (Lipinski definition) is 7. The molecule has 4 heterocycles. The second-order valence-electron chi connectivity index (χ2n) is 7.60. The summed E-state index contributed by atoms with van der Waals surface area (Å²) in [5.74, 6) is 1.03. The van der Waals surface area contributed by atoms with Crippen molar-refractivity contribution in [3.05, 3.63) is 84.5 Å². The average Bonchev–Trinajstić information content (AvgIpc) is 3.56. The van der Waals surface area contributed by atoms with Gasteiger partial charge in [0.2, 0.25) is 0 Å². The number of hydrogen-bond donors (Lipinski definition) is 0. The fourth-order valence-corrected chi connectivity index (χ4v) is 3.91.